The number of amides is 1. The summed E-state index contributed by atoms with van der Waals surface area (Å²) in [5.41, 5.74) is 4.25. The lowest BCUT2D eigenvalue weighted by Gasteiger charge is -2.09. The number of hydrogen-bond acceptors (Lipinski definition) is 3. The molecule has 0 aliphatic heterocycles. The molecule has 23 heavy (non-hydrogen) atoms. The second kappa shape index (κ2) is 7.22. The third-order valence-electron chi connectivity index (χ3n) is 4.17. The van der Waals surface area contributed by atoms with Crippen LogP contribution in [0.25, 0.3) is 0 Å². The zero-order valence-electron chi connectivity index (χ0n) is 14.4. The maximum atomic E-state index is 12.3. The fraction of sp³-hybridized carbons (Fsp3) is 0.389. The second-order valence-electron chi connectivity index (χ2n) is 5.56. The first-order valence-corrected chi connectivity index (χ1v) is 7.59. The summed E-state index contributed by atoms with van der Waals surface area (Å²) in [4.78, 5) is 12.3. The molecule has 0 aliphatic rings. The van der Waals surface area contributed by atoms with E-state index < -0.39 is 0 Å². The van der Waals surface area contributed by atoms with E-state index in [-0.39, 0.29) is 5.91 Å². The second-order valence-corrected chi connectivity index (χ2v) is 5.56. The van der Waals surface area contributed by atoms with Crippen LogP contribution in [0, 0.1) is 13.8 Å². The summed E-state index contributed by atoms with van der Waals surface area (Å²) in [6.07, 6.45) is 0.806. The molecule has 0 unspecified atom stereocenters. The summed E-state index contributed by atoms with van der Waals surface area (Å²) >= 11 is 0. The molecule has 1 amide bonds. The minimum Gasteiger partial charge on any atom is -0.497 e. The SMILES string of the molecule is COc1cc(OC)cc(C(=O)NCCc2cc(C)n(C)c2C)c1. The Morgan fingerprint density at radius 2 is 1.70 bits per heavy atom. The highest BCUT2D eigenvalue weighted by atomic mass is 16.5. The Hall–Kier alpha value is -2.43. The lowest BCUT2D eigenvalue weighted by Crippen LogP contribution is -2.25. The molecular weight excluding hydrogens is 292 g/mol. The average molecular weight is 316 g/mol. The summed E-state index contributed by atoms with van der Waals surface area (Å²) < 4.78 is 12.5. The number of methoxy groups -OCH3 is 2. The van der Waals surface area contributed by atoms with E-state index in [2.05, 4.69) is 36.8 Å². The first kappa shape index (κ1) is 16.9. The minimum absolute atomic E-state index is 0.132. The smallest absolute Gasteiger partial charge is 0.251 e. The molecule has 0 fully saturated rings. The van der Waals surface area contributed by atoms with Crippen LogP contribution in [0.1, 0.15) is 27.3 Å². The molecule has 2 rings (SSSR count). The van der Waals surface area contributed by atoms with Gasteiger partial charge in [-0.05, 0) is 44.0 Å². The van der Waals surface area contributed by atoms with Gasteiger partial charge in [0.2, 0.25) is 0 Å². The highest BCUT2D eigenvalue weighted by Gasteiger charge is 2.11. The third-order valence-corrected chi connectivity index (χ3v) is 4.17. The van der Waals surface area contributed by atoms with Crippen molar-refractivity contribution in [3.05, 3.63) is 46.8 Å². The van der Waals surface area contributed by atoms with Crippen molar-refractivity contribution in [1.82, 2.24) is 9.88 Å². The van der Waals surface area contributed by atoms with Crippen molar-refractivity contribution in [2.24, 2.45) is 7.05 Å². The Morgan fingerprint density at radius 1 is 1.09 bits per heavy atom. The number of aromatic nitrogens is 1. The molecule has 1 N–H and O–H groups in total. The van der Waals surface area contributed by atoms with Gasteiger partial charge in [-0.1, -0.05) is 0 Å². The van der Waals surface area contributed by atoms with Crippen molar-refractivity contribution in [3.8, 4) is 11.5 Å². The van der Waals surface area contributed by atoms with Crippen LogP contribution >= 0.6 is 0 Å². The van der Waals surface area contributed by atoms with Crippen LogP contribution in [0.2, 0.25) is 0 Å². The van der Waals surface area contributed by atoms with Gasteiger partial charge in [0.1, 0.15) is 11.5 Å². The zero-order valence-corrected chi connectivity index (χ0v) is 14.4. The molecule has 0 aliphatic carbocycles. The molecule has 1 heterocycles. The van der Waals surface area contributed by atoms with Crippen LogP contribution in [0.15, 0.2) is 24.3 Å². The van der Waals surface area contributed by atoms with Gasteiger partial charge < -0.3 is 19.4 Å². The molecule has 2 aromatic rings. The van der Waals surface area contributed by atoms with E-state index in [9.17, 15) is 4.79 Å². The van der Waals surface area contributed by atoms with E-state index in [1.165, 1.54) is 17.0 Å². The Bertz CT molecular complexity index is 682. The van der Waals surface area contributed by atoms with Crippen LogP contribution in [0.3, 0.4) is 0 Å². The van der Waals surface area contributed by atoms with Gasteiger partial charge in [-0.3, -0.25) is 4.79 Å². The standard InChI is InChI=1S/C18H24N2O3/c1-12-8-14(13(2)20(12)3)6-7-19-18(21)15-9-16(22-4)11-17(10-15)23-5/h8-11H,6-7H2,1-5H3,(H,19,21). The number of benzene rings is 1. The number of nitrogens with one attached hydrogen (secondary N) is 1. The largest absolute Gasteiger partial charge is 0.497 e. The van der Waals surface area contributed by atoms with Gasteiger partial charge in [-0.15, -0.1) is 0 Å². The highest BCUT2D eigenvalue weighted by molar-refractivity contribution is 5.95. The molecule has 5 heteroatoms. The van der Waals surface area contributed by atoms with Gasteiger partial charge in [0.25, 0.3) is 5.91 Å². The van der Waals surface area contributed by atoms with Crippen LogP contribution in [0.4, 0.5) is 0 Å². The molecular formula is C18H24N2O3. The Kier molecular flexibility index (Phi) is 5.32. The molecule has 0 saturated heterocycles. The molecule has 1 aromatic carbocycles. The summed E-state index contributed by atoms with van der Waals surface area (Å²) in [6.45, 7) is 4.76. The van der Waals surface area contributed by atoms with Gasteiger partial charge >= 0.3 is 0 Å². The summed E-state index contributed by atoms with van der Waals surface area (Å²) in [7, 11) is 5.18. The lowest BCUT2D eigenvalue weighted by molar-refractivity contribution is 0.0953. The van der Waals surface area contributed by atoms with E-state index in [1.807, 2.05) is 0 Å². The van der Waals surface area contributed by atoms with Crippen molar-refractivity contribution >= 4 is 5.91 Å². The Balaban J connectivity index is 2.01. The van der Waals surface area contributed by atoms with Gasteiger partial charge in [0.05, 0.1) is 14.2 Å². The van der Waals surface area contributed by atoms with Crippen LogP contribution < -0.4 is 14.8 Å². The summed E-state index contributed by atoms with van der Waals surface area (Å²) in [5, 5.41) is 2.95. The number of nitrogens with zero attached hydrogens (tertiary/aromatic N) is 1. The van der Waals surface area contributed by atoms with Crippen molar-refractivity contribution in [2.45, 2.75) is 20.3 Å². The first-order valence-electron chi connectivity index (χ1n) is 7.59. The van der Waals surface area contributed by atoms with Crippen molar-refractivity contribution in [2.75, 3.05) is 20.8 Å². The third kappa shape index (κ3) is 3.86. The number of hydrogen-bond donors (Lipinski definition) is 1. The van der Waals surface area contributed by atoms with Gasteiger partial charge in [0, 0.05) is 36.6 Å². The van der Waals surface area contributed by atoms with Crippen molar-refractivity contribution in [3.63, 3.8) is 0 Å². The molecule has 5 nitrogen and oxygen atoms in total. The average Bonchev–Trinajstić information content (AvgIpc) is 2.81. The normalized spacial score (nSPS) is 10.5. The highest BCUT2D eigenvalue weighted by Crippen LogP contribution is 2.22. The summed E-state index contributed by atoms with van der Waals surface area (Å²) in [6, 6.07) is 7.31. The number of carbonyl (C=O) groups excluding carboxylic acids is 1. The maximum absolute atomic E-state index is 12.3. The predicted molar refractivity (Wildman–Crippen MR) is 90.5 cm³/mol. The van der Waals surface area contributed by atoms with Crippen LogP contribution in [0.5, 0.6) is 11.5 Å². The first-order chi connectivity index (χ1) is 11.0. The number of aryl methyl sites for hydroxylation is 1. The fourth-order valence-electron chi connectivity index (χ4n) is 2.54. The quantitative estimate of drug-likeness (QED) is 0.891. The zero-order chi connectivity index (χ0) is 17.0. The fourth-order valence-corrected chi connectivity index (χ4v) is 2.54. The molecule has 0 saturated carbocycles. The van der Waals surface area contributed by atoms with E-state index in [1.54, 1.807) is 32.4 Å². The Morgan fingerprint density at radius 3 is 2.17 bits per heavy atom. The Labute approximate surface area is 137 Å². The molecule has 0 radical (unpaired) electrons. The van der Waals surface area contributed by atoms with E-state index >= 15 is 0 Å². The number of carbonyl (C=O) groups is 1. The van der Waals surface area contributed by atoms with E-state index in [0.29, 0.717) is 23.6 Å². The van der Waals surface area contributed by atoms with Gasteiger partial charge in [-0.2, -0.15) is 0 Å². The minimum atomic E-state index is -0.132. The molecule has 124 valence electrons. The summed E-state index contributed by atoms with van der Waals surface area (Å²) in [5.74, 6) is 1.07. The number of rotatable bonds is 6. The van der Waals surface area contributed by atoms with E-state index in [4.69, 9.17) is 9.47 Å². The molecule has 0 bridgehead atoms. The van der Waals surface area contributed by atoms with E-state index in [0.717, 1.165) is 6.42 Å². The maximum Gasteiger partial charge on any atom is 0.251 e. The monoisotopic (exact) mass is 316 g/mol. The molecule has 1 aromatic heterocycles. The van der Waals surface area contributed by atoms with Gasteiger partial charge in [0.15, 0.2) is 0 Å². The van der Waals surface area contributed by atoms with Crippen molar-refractivity contribution < 1.29 is 14.3 Å². The molecule has 0 spiro atoms. The van der Waals surface area contributed by atoms with Crippen LogP contribution in [-0.2, 0) is 13.5 Å². The van der Waals surface area contributed by atoms with Crippen LogP contribution in [-0.4, -0.2) is 31.2 Å². The molecule has 0 atom stereocenters. The number of ether oxygens (including phenoxy) is 2. The topological polar surface area (TPSA) is 52.5 Å². The van der Waals surface area contributed by atoms with Gasteiger partial charge in [-0.25, -0.2) is 0 Å². The lowest BCUT2D eigenvalue weighted by atomic mass is 10.1. The predicted octanol–water partition coefficient (Wildman–Crippen LogP) is 2.63. The van der Waals surface area contributed by atoms with Crippen molar-refractivity contribution in [1.29, 1.82) is 0 Å².